The van der Waals surface area contributed by atoms with Crippen LogP contribution in [0.5, 0.6) is 11.5 Å². The summed E-state index contributed by atoms with van der Waals surface area (Å²) < 4.78 is 23.3. The van der Waals surface area contributed by atoms with E-state index in [2.05, 4.69) is 5.32 Å². The smallest absolute Gasteiger partial charge is 0.255 e. The topological polar surface area (TPSA) is 90.6 Å². The molecule has 0 aromatic heterocycles. The molecule has 6 nitrogen and oxygen atoms in total. The highest BCUT2D eigenvalue weighted by molar-refractivity contribution is 5.97. The van der Waals surface area contributed by atoms with Crippen molar-refractivity contribution in [3.63, 3.8) is 0 Å². The van der Waals surface area contributed by atoms with Crippen LogP contribution in [0, 0.1) is 11.7 Å². The Balaban J connectivity index is 2.05. The molecule has 2 rings (SSSR count). The predicted molar refractivity (Wildman–Crippen MR) is 94.7 cm³/mol. The number of hydrogen-bond acceptors (Lipinski definition) is 4. The molecule has 0 aliphatic carbocycles. The second kappa shape index (κ2) is 8.84. The first-order chi connectivity index (χ1) is 12.4. The third kappa shape index (κ3) is 4.95. The third-order valence-electron chi connectivity index (χ3n) is 3.96. The van der Waals surface area contributed by atoms with Crippen molar-refractivity contribution in [1.82, 2.24) is 5.32 Å². The maximum absolute atomic E-state index is 13.0. The second-order valence-electron chi connectivity index (χ2n) is 5.71. The number of nitrogens with one attached hydrogen (secondary N) is 1. The largest absolute Gasteiger partial charge is 0.497 e. The molecule has 0 radical (unpaired) electrons. The normalized spacial score (nSPS) is 11.5. The zero-order valence-electron chi connectivity index (χ0n) is 14.6. The SMILES string of the molecule is COc1ccc(C(=O)NCC(Cc2ccc(F)cc2)C(N)=O)c(OC)c1. The molecule has 0 spiro atoms. The van der Waals surface area contributed by atoms with Crippen LogP contribution in [0.4, 0.5) is 4.39 Å². The lowest BCUT2D eigenvalue weighted by atomic mass is 9.98. The minimum Gasteiger partial charge on any atom is -0.497 e. The van der Waals surface area contributed by atoms with Crippen LogP contribution in [0.1, 0.15) is 15.9 Å². The van der Waals surface area contributed by atoms with Gasteiger partial charge in [0.2, 0.25) is 5.91 Å². The molecule has 3 N–H and O–H groups in total. The molecule has 0 heterocycles. The van der Waals surface area contributed by atoms with E-state index in [-0.39, 0.29) is 12.4 Å². The van der Waals surface area contributed by atoms with Gasteiger partial charge in [0.15, 0.2) is 0 Å². The molecule has 0 saturated heterocycles. The fourth-order valence-corrected chi connectivity index (χ4v) is 2.48. The molecule has 1 unspecified atom stereocenters. The van der Waals surface area contributed by atoms with Crippen molar-refractivity contribution in [1.29, 1.82) is 0 Å². The first kappa shape index (κ1) is 19.2. The van der Waals surface area contributed by atoms with Gasteiger partial charge >= 0.3 is 0 Å². The molecule has 0 aliphatic rings. The number of halogens is 1. The van der Waals surface area contributed by atoms with E-state index in [9.17, 15) is 14.0 Å². The highest BCUT2D eigenvalue weighted by Gasteiger charge is 2.19. The second-order valence-corrected chi connectivity index (χ2v) is 5.71. The van der Waals surface area contributed by atoms with E-state index >= 15 is 0 Å². The van der Waals surface area contributed by atoms with Crippen molar-refractivity contribution in [3.05, 3.63) is 59.4 Å². The van der Waals surface area contributed by atoms with Gasteiger partial charge in [-0.05, 0) is 36.2 Å². The Morgan fingerprint density at radius 1 is 1.12 bits per heavy atom. The summed E-state index contributed by atoms with van der Waals surface area (Å²) in [7, 11) is 2.97. The number of methoxy groups -OCH3 is 2. The number of hydrogen-bond donors (Lipinski definition) is 2. The summed E-state index contributed by atoms with van der Waals surface area (Å²) in [5.41, 5.74) is 6.50. The van der Waals surface area contributed by atoms with Gasteiger partial charge in [-0.25, -0.2) is 4.39 Å². The van der Waals surface area contributed by atoms with Gasteiger partial charge in [0.05, 0.1) is 25.7 Å². The van der Waals surface area contributed by atoms with Crippen molar-refractivity contribution in [2.75, 3.05) is 20.8 Å². The quantitative estimate of drug-likeness (QED) is 0.752. The highest BCUT2D eigenvalue weighted by Crippen LogP contribution is 2.24. The molecule has 1 atom stereocenters. The van der Waals surface area contributed by atoms with Crippen LogP contribution >= 0.6 is 0 Å². The standard InChI is InChI=1S/C19H21FN2O4/c1-25-15-7-8-16(17(10-15)26-2)19(24)22-11-13(18(21)23)9-12-3-5-14(20)6-4-12/h3-8,10,13H,9,11H2,1-2H3,(H2,21,23)(H,22,24). The van der Waals surface area contributed by atoms with Crippen molar-refractivity contribution in [3.8, 4) is 11.5 Å². The molecular weight excluding hydrogens is 339 g/mol. The minimum absolute atomic E-state index is 0.0563. The van der Waals surface area contributed by atoms with Gasteiger partial charge in [0, 0.05) is 12.6 Å². The predicted octanol–water partition coefficient (Wildman–Crippen LogP) is 1.92. The number of carbonyl (C=O) groups is 2. The number of primary amides is 1. The highest BCUT2D eigenvalue weighted by atomic mass is 19.1. The Morgan fingerprint density at radius 2 is 1.81 bits per heavy atom. The molecule has 2 amide bonds. The van der Waals surface area contributed by atoms with Gasteiger partial charge in [-0.1, -0.05) is 12.1 Å². The lowest BCUT2D eigenvalue weighted by Crippen LogP contribution is -2.37. The van der Waals surface area contributed by atoms with E-state index in [0.717, 1.165) is 5.56 Å². The summed E-state index contributed by atoms with van der Waals surface area (Å²) in [5.74, 6) is -0.996. The van der Waals surface area contributed by atoms with Crippen LogP contribution in [0.2, 0.25) is 0 Å². The van der Waals surface area contributed by atoms with Crippen LogP contribution < -0.4 is 20.5 Å². The summed E-state index contributed by atoms with van der Waals surface area (Å²) in [6, 6.07) is 10.6. The Morgan fingerprint density at radius 3 is 2.38 bits per heavy atom. The molecule has 2 aromatic rings. The molecule has 0 saturated carbocycles. The lowest BCUT2D eigenvalue weighted by molar-refractivity contribution is -0.121. The summed E-state index contributed by atoms with van der Waals surface area (Å²) >= 11 is 0. The lowest BCUT2D eigenvalue weighted by Gasteiger charge is -2.16. The van der Waals surface area contributed by atoms with Gasteiger partial charge in [-0.15, -0.1) is 0 Å². The molecule has 0 fully saturated rings. The van der Waals surface area contributed by atoms with Crippen LogP contribution in [-0.2, 0) is 11.2 Å². The molecular formula is C19H21FN2O4. The number of carbonyl (C=O) groups excluding carboxylic acids is 2. The van der Waals surface area contributed by atoms with Crippen LogP contribution in [0.3, 0.4) is 0 Å². The van der Waals surface area contributed by atoms with E-state index in [1.165, 1.54) is 26.4 Å². The Hall–Kier alpha value is -3.09. The van der Waals surface area contributed by atoms with Crippen LogP contribution in [0.15, 0.2) is 42.5 Å². The van der Waals surface area contributed by atoms with Crippen LogP contribution in [-0.4, -0.2) is 32.6 Å². The number of ether oxygens (including phenoxy) is 2. The Kier molecular flexibility index (Phi) is 6.54. The van der Waals surface area contributed by atoms with Crippen molar-refractivity contribution in [2.24, 2.45) is 11.7 Å². The summed E-state index contributed by atoms with van der Waals surface area (Å²) in [4.78, 5) is 24.1. The molecule has 26 heavy (non-hydrogen) atoms. The Bertz CT molecular complexity index is 778. The Labute approximate surface area is 151 Å². The van der Waals surface area contributed by atoms with E-state index in [1.807, 2.05) is 0 Å². The number of nitrogens with two attached hydrogens (primary N) is 1. The van der Waals surface area contributed by atoms with Crippen molar-refractivity contribution < 1.29 is 23.5 Å². The van der Waals surface area contributed by atoms with Crippen LogP contribution in [0.25, 0.3) is 0 Å². The van der Waals surface area contributed by atoms with Gasteiger partial charge in [0.25, 0.3) is 5.91 Å². The summed E-state index contributed by atoms with van der Waals surface area (Å²) in [5, 5.41) is 2.69. The van der Waals surface area contributed by atoms with E-state index < -0.39 is 17.7 Å². The minimum atomic E-state index is -0.617. The molecule has 7 heteroatoms. The molecule has 2 aromatic carbocycles. The first-order valence-electron chi connectivity index (χ1n) is 7.98. The fourth-order valence-electron chi connectivity index (χ4n) is 2.48. The number of rotatable bonds is 8. The van der Waals surface area contributed by atoms with Gasteiger partial charge in [-0.3, -0.25) is 9.59 Å². The average molecular weight is 360 g/mol. The van der Waals surface area contributed by atoms with Gasteiger partial charge in [0.1, 0.15) is 17.3 Å². The van der Waals surface area contributed by atoms with Gasteiger partial charge in [-0.2, -0.15) is 0 Å². The number of amides is 2. The summed E-state index contributed by atoms with van der Waals surface area (Å²) in [6.45, 7) is 0.0563. The van der Waals surface area contributed by atoms with Crippen molar-refractivity contribution in [2.45, 2.75) is 6.42 Å². The molecule has 0 aliphatic heterocycles. The fraction of sp³-hybridized carbons (Fsp3) is 0.263. The zero-order valence-corrected chi connectivity index (χ0v) is 14.6. The van der Waals surface area contributed by atoms with Gasteiger partial charge < -0.3 is 20.5 Å². The number of benzene rings is 2. The summed E-state index contributed by atoms with van der Waals surface area (Å²) in [6.07, 6.45) is 0.301. The zero-order chi connectivity index (χ0) is 19.1. The first-order valence-corrected chi connectivity index (χ1v) is 7.98. The third-order valence-corrected chi connectivity index (χ3v) is 3.96. The maximum Gasteiger partial charge on any atom is 0.255 e. The molecule has 0 bridgehead atoms. The maximum atomic E-state index is 13.0. The monoisotopic (exact) mass is 360 g/mol. The van der Waals surface area contributed by atoms with E-state index in [0.29, 0.717) is 23.5 Å². The average Bonchev–Trinajstić information content (AvgIpc) is 2.65. The van der Waals surface area contributed by atoms with Crippen molar-refractivity contribution >= 4 is 11.8 Å². The molecule has 138 valence electrons. The van der Waals surface area contributed by atoms with E-state index in [1.54, 1.807) is 30.3 Å². The van der Waals surface area contributed by atoms with E-state index in [4.69, 9.17) is 15.2 Å².